The van der Waals surface area contributed by atoms with Gasteiger partial charge in [-0.1, -0.05) is 27.7 Å². The molecular weight excluding hydrogens is 204 g/mol. The van der Waals surface area contributed by atoms with Crippen molar-refractivity contribution in [1.29, 1.82) is 0 Å². The summed E-state index contributed by atoms with van der Waals surface area (Å²) in [5, 5.41) is 3.44. The maximum absolute atomic E-state index is 5.79. The predicted octanol–water partition coefficient (Wildman–Crippen LogP) is 3.35. The van der Waals surface area contributed by atoms with Crippen molar-refractivity contribution < 1.29 is 0 Å². The minimum absolute atomic E-state index is 0.416. The monoisotopic (exact) mass is 226 g/mol. The molecule has 2 unspecified atom stereocenters. The zero-order valence-electron chi connectivity index (χ0n) is 10.2. The van der Waals surface area contributed by atoms with E-state index in [-0.39, 0.29) is 0 Å². The lowest BCUT2D eigenvalue weighted by atomic mass is 9.93. The van der Waals surface area contributed by atoms with E-state index in [4.69, 9.17) is 10.7 Å². The number of nitrogens with two attached hydrogens (primary N) is 1. The van der Waals surface area contributed by atoms with Crippen molar-refractivity contribution in [2.45, 2.75) is 46.0 Å². The van der Waals surface area contributed by atoms with Crippen molar-refractivity contribution in [2.75, 3.05) is 6.54 Å². The Labute approximate surface area is 96.9 Å². The molecule has 0 saturated heterocycles. The van der Waals surface area contributed by atoms with Gasteiger partial charge in [0.1, 0.15) is 0 Å². The molecule has 2 N–H and O–H groups in total. The Morgan fingerprint density at radius 2 is 2.07 bits per heavy atom. The standard InChI is InChI=1S/C12H22N2S/c1-5-9(4)12-14-11(7-15-12)10(6-13)8(2)3/h7-10H,5-6,13H2,1-4H3. The maximum atomic E-state index is 5.79. The summed E-state index contributed by atoms with van der Waals surface area (Å²) in [7, 11) is 0. The van der Waals surface area contributed by atoms with Crippen LogP contribution in [0.25, 0.3) is 0 Å². The van der Waals surface area contributed by atoms with Gasteiger partial charge in [-0.25, -0.2) is 4.98 Å². The average Bonchev–Trinajstić information content (AvgIpc) is 2.66. The van der Waals surface area contributed by atoms with Crippen LogP contribution >= 0.6 is 11.3 Å². The topological polar surface area (TPSA) is 38.9 Å². The minimum atomic E-state index is 0.416. The molecule has 0 aliphatic rings. The summed E-state index contributed by atoms with van der Waals surface area (Å²) < 4.78 is 0. The van der Waals surface area contributed by atoms with Crippen LogP contribution in [-0.4, -0.2) is 11.5 Å². The molecule has 0 radical (unpaired) electrons. The Hall–Kier alpha value is -0.410. The Morgan fingerprint density at radius 1 is 1.40 bits per heavy atom. The van der Waals surface area contributed by atoms with Crippen LogP contribution in [0.3, 0.4) is 0 Å². The minimum Gasteiger partial charge on any atom is -0.330 e. The van der Waals surface area contributed by atoms with Gasteiger partial charge in [-0.15, -0.1) is 11.3 Å². The van der Waals surface area contributed by atoms with Crippen molar-refractivity contribution in [3.05, 3.63) is 16.1 Å². The first kappa shape index (κ1) is 12.7. The van der Waals surface area contributed by atoms with Gasteiger partial charge in [0, 0.05) is 23.8 Å². The lowest BCUT2D eigenvalue weighted by Crippen LogP contribution is -2.18. The van der Waals surface area contributed by atoms with Crippen LogP contribution in [0.5, 0.6) is 0 Å². The van der Waals surface area contributed by atoms with Gasteiger partial charge in [0.15, 0.2) is 0 Å². The molecule has 0 bridgehead atoms. The van der Waals surface area contributed by atoms with E-state index < -0.39 is 0 Å². The molecule has 1 aromatic rings. The molecule has 2 atom stereocenters. The van der Waals surface area contributed by atoms with Gasteiger partial charge in [-0.2, -0.15) is 0 Å². The molecule has 1 aromatic heterocycles. The van der Waals surface area contributed by atoms with E-state index >= 15 is 0 Å². The van der Waals surface area contributed by atoms with Gasteiger partial charge in [-0.05, 0) is 12.3 Å². The smallest absolute Gasteiger partial charge is 0.0956 e. The summed E-state index contributed by atoms with van der Waals surface area (Å²) in [6.07, 6.45) is 1.15. The number of nitrogens with zero attached hydrogens (tertiary/aromatic N) is 1. The quantitative estimate of drug-likeness (QED) is 0.836. The average molecular weight is 226 g/mol. The molecule has 15 heavy (non-hydrogen) atoms. The highest BCUT2D eigenvalue weighted by Gasteiger charge is 2.18. The molecule has 0 fully saturated rings. The van der Waals surface area contributed by atoms with Crippen molar-refractivity contribution in [3.8, 4) is 0 Å². The summed E-state index contributed by atoms with van der Waals surface area (Å²) >= 11 is 1.78. The van der Waals surface area contributed by atoms with Gasteiger partial charge in [0.05, 0.1) is 10.7 Å². The molecule has 0 aliphatic heterocycles. The molecule has 3 heteroatoms. The van der Waals surface area contributed by atoms with Gasteiger partial charge < -0.3 is 5.73 Å². The highest BCUT2D eigenvalue weighted by Crippen LogP contribution is 2.28. The summed E-state index contributed by atoms with van der Waals surface area (Å²) in [5.74, 6) is 1.57. The molecule has 0 aromatic carbocycles. The van der Waals surface area contributed by atoms with E-state index in [1.165, 1.54) is 10.7 Å². The van der Waals surface area contributed by atoms with Crippen molar-refractivity contribution >= 4 is 11.3 Å². The largest absolute Gasteiger partial charge is 0.330 e. The molecule has 0 saturated carbocycles. The summed E-state index contributed by atoms with van der Waals surface area (Å²) in [6, 6.07) is 0. The number of aromatic nitrogens is 1. The van der Waals surface area contributed by atoms with E-state index in [9.17, 15) is 0 Å². The maximum Gasteiger partial charge on any atom is 0.0956 e. The third kappa shape index (κ3) is 3.02. The zero-order chi connectivity index (χ0) is 11.4. The molecule has 0 spiro atoms. The van der Waals surface area contributed by atoms with Gasteiger partial charge in [0.2, 0.25) is 0 Å². The van der Waals surface area contributed by atoms with E-state index in [0.29, 0.717) is 24.3 Å². The van der Waals surface area contributed by atoms with Crippen LogP contribution in [0.15, 0.2) is 5.38 Å². The molecular formula is C12H22N2S. The highest BCUT2D eigenvalue weighted by atomic mass is 32.1. The second-order valence-corrected chi connectivity index (χ2v) is 5.40. The van der Waals surface area contributed by atoms with Crippen LogP contribution in [-0.2, 0) is 0 Å². The van der Waals surface area contributed by atoms with Crippen LogP contribution in [0.2, 0.25) is 0 Å². The SMILES string of the molecule is CCC(C)c1nc(C(CN)C(C)C)cs1. The Morgan fingerprint density at radius 3 is 2.53 bits per heavy atom. The van der Waals surface area contributed by atoms with Gasteiger partial charge in [-0.3, -0.25) is 0 Å². The number of hydrogen-bond donors (Lipinski definition) is 1. The molecule has 86 valence electrons. The number of hydrogen-bond acceptors (Lipinski definition) is 3. The summed E-state index contributed by atoms with van der Waals surface area (Å²) in [6.45, 7) is 9.55. The fourth-order valence-corrected chi connectivity index (χ4v) is 2.63. The van der Waals surface area contributed by atoms with Gasteiger partial charge in [0.25, 0.3) is 0 Å². The fraction of sp³-hybridized carbons (Fsp3) is 0.750. The van der Waals surface area contributed by atoms with Crippen molar-refractivity contribution in [3.63, 3.8) is 0 Å². The Bertz CT molecular complexity index is 294. The number of rotatable bonds is 5. The van der Waals surface area contributed by atoms with Crippen LogP contribution in [0.4, 0.5) is 0 Å². The first-order valence-corrected chi connectivity index (χ1v) is 6.63. The second kappa shape index (κ2) is 5.61. The van der Waals surface area contributed by atoms with E-state index in [0.717, 1.165) is 6.42 Å². The summed E-state index contributed by atoms with van der Waals surface area (Å²) in [4.78, 5) is 4.71. The fourth-order valence-electron chi connectivity index (χ4n) is 1.61. The first-order valence-electron chi connectivity index (χ1n) is 5.75. The molecule has 0 aliphatic carbocycles. The normalized spacial score (nSPS) is 15.6. The van der Waals surface area contributed by atoms with Crippen LogP contribution in [0.1, 0.15) is 56.7 Å². The Balaban J connectivity index is 2.82. The van der Waals surface area contributed by atoms with E-state index in [1.54, 1.807) is 11.3 Å². The lowest BCUT2D eigenvalue weighted by Gasteiger charge is -2.16. The van der Waals surface area contributed by atoms with Crippen molar-refractivity contribution in [1.82, 2.24) is 4.98 Å². The zero-order valence-corrected chi connectivity index (χ0v) is 11.0. The molecule has 0 amide bonds. The third-order valence-corrected chi connectivity index (χ3v) is 4.11. The van der Waals surface area contributed by atoms with E-state index in [2.05, 4.69) is 33.1 Å². The van der Waals surface area contributed by atoms with Crippen LogP contribution in [0, 0.1) is 5.92 Å². The lowest BCUT2D eigenvalue weighted by molar-refractivity contribution is 0.496. The van der Waals surface area contributed by atoms with Gasteiger partial charge >= 0.3 is 0 Å². The second-order valence-electron chi connectivity index (χ2n) is 4.51. The molecule has 1 rings (SSSR count). The first-order chi connectivity index (χ1) is 7.10. The predicted molar refractivity (Wildman–Crippen MR) is 67.5 cm³/mol. The highest BCUT2D eigenvalue weighted by molar-refractivity contribution is 7.09. The van der Waals surface area contributed by atoms with E-state index in [1.807, 2.05) is 0 Å². The van der Waals surface area contributed by atoms with Crippen LogP contribution < -0.4 is 5.73 Å². The summed E-state index contributed by atoms with van der Waals surface area (Å²) in [5.41, 5.74) is 6.98. The molecule has 2 nitrogen and oxygen atoms in total. The Kier molecular flexibility index (Phi) is 4.74. The third-order valence-electron chi connectivity index (χ3n) is 3.01. The van der Waals surface area contributed by atoms with Crippen molar-refractivity contribution in [2.24, 2.45) is 11.7 Å². The number of thiazole rings is 1. The molecule has 1 heterocycles.